The van der Waals surface area contributed by atoms with Gasteiger partial charge in [-0.15, -0.1) is 0 Å². The Labute approximate surface area is 127 Å². The summed E-state index contributed by atoms with van der Waals surface area (Å²) in [6.07, 6.45) is 1.07. The lowest BCUT2D eigenvalue weighted by molar-refractivity contribution is 0.0698. The van der Waals surface area contributed by atoms with Crippen molar-refractivity contribution < 1.29 is 23.1 Å². The Balaban J connectivity index is 2.84. The first-order valence-electron chi connectivity index (χ1n) is 5.83. The Morgan fingerprint density at radius 1 is 1.38 bits per heavy atom. The molecule has 0 aliphatic rings. The summed E-state index contributed by atoms with van der Waals surface area (Å²) in [4.78, 5) is 24.2. The second-order valence-electron chi connectivity index (χ2n) is 4.45. The molecule has 0 saturated carbocycles. The summed E-state index contributed by atoms with van der Waals surface area (Å²) in [5.41, 5.74) is -0.171. The van der Waals surface area contributed by atoms with Crippen LogP contribution in [0.3, 0.4) is 0 Å². The number of anilines is 1. The Kier molecular flexibility index (Phi) is 5.56. The molecule has 21 heavy (non-hydrogen) atoms. The molecule has 0 heterocycles. The quantitative estimate of drug-likeness (QED) is 0.850. The van der Waals surface area contributed by atoms with E-state index in [1.54, 1.807) is 0 Å². The van der Waals surface area contributed by atoms with E-state index in [-0.39, 0.29) is 28.6 Å². The number of carboxylic acids is 1. The predicted molar refractivity (Wildman–Crippen MR) is 79.8 cm³/mol. The number of halogens is 1. The van der Waals surface area contributed by atoms with Crippen LogP contribution < -0.4 is 5.32 Å². The predicted octanol–water partition coefficient (Wildman–Crippen LogP) is 1.55. The maximum absolute atomic E-state index is 11.9. The first-order valence-corrected chi connectivity index (χ1v) is 8.27. The molecule has 1 aromatic carbocycles. The molecule has 0 radical (unpaired) electrons. The third kappa shape index (κ3) is 5.24. The SMILES string of the molecule is CN(CCS(C)(=O)=O)C(=O)Nc1cccc(Cl)c1C(=O)O. The first-order chi connectivity index (χ1) is 9.61. The molecule has 2 amide bonds. The third-order valence-electron chi connectivity index (χ3n) is 2.61. The van der Waals surface area contributed by atoms with Crippen LogP contribution in [0.2, 0.25) is 5.02 Å². The highest BCUT2D eigenvalue weighted by Crippen LogP contribution is 2.24. The molecular weight excluding hydrogens is 320 g/mol. The fourth-order valence-electron chi connectivity index (χ4n) is 1.46. The monoisotopic (exact) mass is 334 g/mol. The number of nitrogens with one attached hydrogen (secondary N) is 1. The number of hydrogen-bond donors (Lipinski definition) is 2. The van der Waals surface area contributed by atoms with Gasteiger partial charge < -0.3 is 15.3 Å². The van der Waals surface area contributed by atoms with E-state index >= 15 is 0 Å². The van der Waals surface area contributed by atoms with E-state index in [0.717, 1.165) is 11.2 Å². The molecule has 0 spiro atoms. The van der Waals surface area contributed by atoms with Crippen LogP contribution in [0.15, 0.2) is 18.2 Å². The number of aromatic carboxylic acids is 1. The Hall–Kier alpha value is -1.80. The molecule has 0 bridgehead atoms. The van der Waals surface area contributed by atoms with Crippen LogP contribution in [0.4, 0.5) is 10.5 Å². The second-order valence-corrected chi connectivity index (χ2v) is 7.12. The van der Waals surface area contributed by atoms with Crippen LogP contribution >= 0.6 is 11.6 Å². The molecule has 0 aliphatic heterocycles. The molecule has 1 aromatic rings. The van der Waals surface area contributed by atoms with Gasteiger partial charge in [0.25, 0.3) is 0 Å². The van der Waals surface area contributed by atoms with Crippen LogP contribution in [-0.2, 0) is 9.84 Å². The summed E-state index contributed by atoms with van der Waals surface area (Å²) < 4.78 is 22.1. The van der Waals surface area contributed by atoms with E-state index in [1.807, 2.05) is 0 Å². The molecule has 7 nitrogen and oxygen atoms in total. The fourth-order valence-corrected chi connectivity index (χ4v) is 2.32. The number of amides is 2. The largest absolute Gasteiger partial charge is 0.478 e. The molecule has 1 rings (SSSR count). The van der Waals surface area contributed by atoms with Gasteiger partial charge in [-0.1, -0.05) is 17.7 Å². The van der Waals surface area contributed by atoms with E-state index in [1.165, 1.54) is 25.2 Å². The van der Waals surface area contributed by atoms with Gasteiger partial charge in [0.05, 0.1) is 16.5 Å². The summed E-state index contributed by atoms with van der Waals surface area (Å²) in [5.74, 6) is -1.45. The van der Waals surface area contributed by atoms with Crippen molar-refractivity contribution in [2.45, 2.75) is 0 Å². The lowest BCUT2D eigenvalue weighted by atomic mass is 10.2. The zero-order chi connectivity index (χ0) is 16.2. The number of carbonyl (C=O) groups is 2. The molecule has 0 saturated heterocycles. The van der Waals surface area contributed by atoms with Crippen molar-refractivity contribution in [1.29, 1.82) is 0 Å². The van der Waals surface area contributed by atoms with Crippen molar-refractivity contribution in [2.24, 2.45) is 0 Å². The number of benzene rings is 1. The Bertz CT molecular complexity index is 660. The van der Waals surface area contributed by atoms with Crippen molar-refractivity contribution >= 4 is 39.1 Å². The lowest BCUT2D eigenvalue weighted by Gasteiger charge is -2.18. The number of urea groups is 1. The van der Waals surface area contributed by atoms with E-state index < -0.39 is 21.8 Å². The number of nitrogens with zero attached hydrogens (tertiary/aromatic N) is 1. The van der Waals surface area contributed by atoms with Crippen molar-refractivity contribution in [3.63, 3.8) is 0 Å². The lowest BCUT2D eigenvalue weighted by Crippen LogP contribution is -2.35. The average molecular weight is 335 g/mol. The van der Waals surface area contributed by atoms with Gasteiger partial charge in [0, 0.05) is 19.8 Å². The van der Waals surface area contributed by atoms with Crippen molar-refractivity contribution in [2.75, 3.05) is 30.9 Å². The van der Waals surface area contributed by atoms with Gasteiger partial charge in [0.1, 0.15) is 15.4 Å². The zero-order valence-electron chi connectivity index (χ0n) is 11.5. The smallest absolute Gasteiger partial charge is 0.339 e. The van der Waals surface area contributed by atoms with E-state index in [9.17, 15) is 18.0 Å². The Morgan fingerprint density at radius 2 is 2.00 bits per heavy atom. The van der Waals surface area contributed by atoms with Crippen LogP contribution in [0.1, 0.15) is 10.4 Å². The first kappa shape index (κ1) is 17.3. The van der Waals surface area contributed by atoms with Gasteiger partial charge in [0.2, 0.25) is 0 Å². The highest BCUT2D eigenvalue weighted by Gasteiger charge is 2.18. The maximum atomic E-state index is 11.9. The normalized spacial score (nSPS) is 11.0. The van der Waals surface area contributed by atoms with Crippen LogP contribution in [-0.4, -0.2) is 56.0 Å². The maximum Gasteiger partial charge on any atom is 0.339 e. The van der Waals surface area contributed by atoms with Crippen LogP contribution in [0.5, 0.6) is 0 Å². The molecule has 0 unspecified atom stereocenters. The summed E-state index contributed by atoms with van der Waals surface area (Å²) in [6.45, 7) is -0.00631. The van der Waals surface area contributed by atoms with Crippen molar-refractivity contribution in [1.82, 2.24) is 4.90 Å². The number of rotatable bonds is 5. The van der Waals surface area contributed by atoms with Gasteiger partial charge in [0.15, 0.2) is 0 Å². The standard InChI is InChI=1S/C12H15ClN2O5S/c1-15(6-7-21(2,19)20)12(18)14-9-5-3-4-8(13)10(9)11(16)17/h3-5H,6-7H2,1-2H3,(H,14,18)(H,16,17). The van der Waals surface area contributed by atoms with Crippen LogP contribution in [0.25, 0.3) is 0 Å². The molecule has 0 aromatic heterocycles. The molecule has 0 fully saturated rings. The van der Waals surface area contributed by atoms with Crippen LogP contribution in [0, 0.1) is 0 Å². The summed E-state index contributed by atoms with van der Waals surface area (Å²) in [7, 11) is -1.78. The van der Waals surface area contributed by atoms with Gasteiger partial charge in [-0.2, -0.15) is 0 Å². The second kappa shape index (κ2) is 6.77. The van der Waals surface area contributed by atoms with Gasteiger partial charge in [-0.3, -0.25) is 0 Å². The van der Waals surface area contributed by atoms with Crippen molar-refractivity contribution in [3.8, 4) is 0 Å². The number of carbonyl (C=O) groups excluding carboxylic acids is 1. The molecule has 116 valence electrons. The minimum atomic E-state index is -3.19. The number of carboxylic acid groups (broad SMARTS) is 1. The highest BCUT2D eigenvalue weighted by atomic mass is 35.5. The minimum absolute atomic E-state index is 0.000843. The molecule has 0 atom stereocenters. The third-order valence-corrected chi connectivity index (χ3v) is 3.85. The minimum Gasteiger partial charge on any atom is -0.478 e. The number of hydrogen-bond acceptors (Lipinski definition) is 4. The van der Waals surface area contributed by atoms with Gasteiger partial charge in [-0.25, -0.2) is 18.0 Å². The summed E-state index contributed by atoms with van der Waals surface area (Å²) in [5, 5.41) is 11.5. The van der Waals surface area contributed by atoms with E-state index in [0.29, 0.717) is 0 Å². The molecule has 0 aliphatic carbocycles. The van der Waals surface area contributed by atoms with Gasteiger partial charge >= 0.3 is 12.0 Å². The van der Waals surface area contributed by atoms with Crippen molar-refractivity contribution in [3.05, 3.63) is 28.8 Å². The Morgan fingerprint density at radius 3 is 2.52 bits per heavy atom. The topological polar surface area (TPSA) is 104 Å². The van der Waals surface area contributed by atoms with Gasteiger partial charge in [-0.05, 0) is 12.1 Å². The molecule has 9 heteroatoms. The zero-order valence-corrected chi connectivity index (χ0v) is 13.0. The van der Waals surface area contributed by atoms with E-state index in [2.05, 4.69) is 5.32 Å². The van der Waals surface area contributed by atoms with E-state index in [4.69, 9.17) is 16.7 Å². The molecule has 2 N–H and O–H groups in total. The highest BCUT2D eigenvalue weighted by molar-refractivity contribution is 7.90. The molecular formula is C12H15ClN2O5S. The summed E-state index contributed by atoms with van der Waals surface area (Å²) >= 11 is 5.78. The number of sulfone groups is 1. The summed E-state index contributed by atoms with van der Waals surface area (Å²) in [6, 6.07) is 3.68. The fraction of sp³-hybridized carbons (Fsp3) is 0.333. The average Bonchev–Trinajstić information content (AvgIpc) is 2.34.